The maximum atomic E-state index is 12.4. The summed E-state index contributed by atoms with van der Waals surface area (Å²) >= 11 is 13.0. The summed E-state index contributed by atoms with van der Waals surface area (Å²) in [7, 11) is -2.20. The van der Waals surface area contributed by atoms with Crippen molar-refractivity contribution in [3.05, 3.63) is 38.5 Å². The second-order valence-electron chi connectivity index (χ2n) is 4.06. The van der Waals surface area contributed by atoms with Crippen LogP contribution in [0.1, 0.15) is 10.7 Å². The largest absolute Gasteiger partial charge is 0.245 e. The van der Waals surface area contributed by atoms with Crippen molar-refractivity contribution in [3.8, 4) is 0 Å². The number of hydrogen-bond donors (Lipinski definition) is 0. The van der Waals surface area contributed by atoms with E-state index >= 15 is 0 Å². The van der Waals surface area contributed by atoms with E-state index in [2.05, 4.69) is 9.97 Å². The molecule has 2 aromatic rings. The van der Waals surface area contributed by atoms with Gasteiger partial charge in [0.2, 0.25) is 10.0 Å². The van der Waals surface area contributed by atoms with Crippen LogP contribution in [0.15, 0.2) is 22.5 Å². The van der Waals surface area contributed by atoms with Gasteiger partial charge in [0.15, 0.2) is 0 Å². The van der Waals surface area contributed by atoms with E-state index in [9.17, 15) is 8.42 Å². The standard InChI is InChI=1S/C11H11Cl2N3O2S2/c1-7-15-8(6-19-7)5-16(2)20(17,18)9-3-10(12)11(13)14-4-9/h3-4,6H,5H2,1-2H3. The molecule has 0 spiro atoms. The number of aromatic nitrogens is 2. The van der Waals surface area contributed by atoms with Gasteiger partial charge in [-0.2, -0.15) is 4.31 Å². The summed E-state index contributed by atoms with van der Waals surface area (Å²) in [6, 6.07) is 1.29. The van der Waals surface area contributed by atoms with Crippen molar-refractivity contribution >= 4 is 44.6 Å². The zero-order valence-electron chi connectivity index (χ0n) is 10.7. The van der Waals surface area contributed by atoms with Gasteiger partial charge in [0.05, 0.1) is 22.3 Å². The molecule has 0 N–H and O–H groups in total. The summed E-state index contributed by atoms with van der Waals surface area (Å²) < 4.78 is 25.9. The fourth-order valence-electron chi connectivity index (χ4n) is 1.52. The Balaban J connectivity index is 2.27. The minimum absolute atomic E-state index is 0.00125. The van der Waals surface area contributed by atoms with Gasteiger partial charge in [-0.1, -0.05) is 23.2 Å². The summed E-state index contributed by atoms with van der Waals surface area (Å²) in [5.41, 5.74) is 0.701. The van der Waals surface area contributed by atoms with Gasteiger partial charge in [-0.3, -0.25) is 0 Å². The van der Waals surface area contributed by atoms with Crippen molar-refractivity contribution < 1.29 is 8.42 Å². The van der Waals surface area contributed by atoms with Gasteiger partial charge in [0.25, 0.3) is 0 Å². The topological polar surface area (TPSA) is 63.2 Å². The summed E-state index contributed by atoms with van der Waals surface area (Å²) in [6.45, 7) is 2.05. The van der Waals surface area contributed by atoms with Gasteiger partial charge >= 0.3 is 0 Å². The molecule has 2 rings (SSSR count). The van der Waals surface area contributed by atoms with Gasteiger partial charge in [0, 0.05) is 18.6 Å². The molecule has 0 aliphatic rings. The lowest BCUT2D eigenvalue weighted by atomic mass is 10.5. The molecule has 5 nitrogen and oxygen atoms in total. The molecule has 0 unspecified atom stereocenters. The van der Waals surface area contributed by atoms with E-state index < -0.39 is 10.0 Å². The van der Waals surface area contributed by atoms with E-state index in [1.54, 1.807) is 0 Å². The zero-order valence-corrected chi connectivity index (χ0v) is 13.8. The Bertz CT molecular complexity index is 731. The highest BCUT2D eigenvalue weighted by molar-refractivity contribution is 7.89. The Morgan fingerprint density at radius 1 is 1.40 bits per heavy atom. The summed E-state index contributed by atoms with van der Waals surface area (Å²) in [5.74, 6) is 0. The predicted octanol–water partition coefficient (Wildman–Crippen LogP) is 2.97. The average Bonchev–Trinajstić information content (AvgIpc) is 2.78. The highest BCUT2D eigenvalue weighted by Gasteiger charge is 2.23. The van der Waals surface area contributed by atoms with Gasteiger partial charge in [-0.05, 0) is 13.0 Å². The number of sulfonamides is 1. The number of aryl methyl sites for hydroxylation is 1. The van der Waals surface area contributed by atoms with Gasteiger partial charge in [-0.15, -0.1) is 11.3 Å². The number of thiazole rings is 1. The van der Waals surface area contributed by atoms with Crippen LogP contribution >= 0.6 is 34.5 Å². The molecule has 0 aromatic carbocycles. The monoisotopic (exact) mass is 351 g/mol. The van der Waals surface area contributed by atoms with Crippen LogP contribution in [0.5, 0.6) is 0 Å². The molecule has 2 aromatic heterocycles. The fraction of sp³-hybridized carbons (Fsp3) is 0.273. The van der Waals surface area contributed by atoms with Crippen LogP contribution < -0.4 is 0 Å². The predicted molar refractivity (Wildman–Crippen MR) is 79.8 cm³/mol. The van der Waals surface area contributed by atoms with Crippen molar-refractivity contribution in [3.63, 3.8) is 0 Å². The first-order valence-electron chi connectivity index (χ1n) is 5.49. The molecule has 9 heteroatoms. The Labute approximate surface area is 131 Å². The second kappa shape index (κ2) is 5.95. The molecule has 108 valence electrons. The molecule has 0 saturated carbocycles. The number of rotatable bonds is 4. The maximum absolute atomic E-state index is 12.4. The van der Waals surface area contributed by atoms with Crippen LogP contribution in [-0.2, 0) is 16.6 Å². The molecule has 20 heavy (non-hydrogen) atoms. The lowest BCUT2D eigenvalue weighted by Crippen LogP contribution is -2.26. The van der Waals surface area contributed by atoms with Crippen LogP contribution in [0.4, 0.5) is 0 Å². The third-order valence-electron chi connectivity index (χ3n) is 2.53. The average molecular weight is 352 g/mol. The molecule has 0 saturated heterocycles. The first-order valence-corrected chi connectivity index (χ1v) is 8.56. The number of nitrogens with zero attached hydrogens (tertiary/aromatic N) is 3. The van der Waals surface area contributed by atoms with Crippen LogP contribution in [0.3, 0.4) is 0 Å². The van der Waals surface area contributed by atoms with Crippen molar-refractivity contribution in [1.82, 2.24) is 14.3 Å². The smallest absolute Gasteiger partial charge is 0.244 e. The van der Waals surface area contributed by atoms with Crippen molar-refractivity contribution in [2.75, 3.05) is 7.05 Å². The molecule has 0 aliphatic heterocycles. The molecule has 0 fully saturated rings. The van der Waals surface area contributed by atoms with E-state index in [0.29, 0.717) is 5.69 Å². The zero-order chi connectivity index (χ0) is 14.9. The Kier molecular flexibility index (Phi) is 4.66. The highest BCUT2D eigenvalue weighted by Crippen LogP contribution is 2.24. The van der Waals surface area contributed by atoms with E-state index in [0.717, 1.165) is 5.01 Å². The van der Waals surface area contributed by atoms with Crippen LogP contribution in [0.25, 0.3) is 0 Å². The normalized spacial score (nSPS) is 12.1. The number of pyridine rings is 1. The van der Waals surface area contributed by atoms with Crippen molar-refractivity contribution in [1.29, 1.82) is 0 Å². The Morgan fingerprint density at radius 3 is 2.65 bits per heavy atom. The molecule has 0 aliphatic carbocycles. The second-order valence-corrected chi connectivity index (χ2v) is 7.93. The summed E-state index contributed by atoms with van der Waals surface area (Å²) in [6.07, 6.45) is 1.19. The van der Waals surface area contributed by atoms with E-state index in [1.807, 2.05) is 12.3 Å². The van der Waals surface area contributed by atoms with E-state index in [-0.39, 0.29) is 21.6 Å². The lowest BCUT2D eigenvalue weighted by molar-refractivity contribution is 0.462. The Morgan fingerprint density at radius 2 is 2.10 bits per heavy atom. The lowest BCUT2D eigenvalue weighted by Gasteiger charge is -2.16. The summed E-state index contributed by atoms with van der Waals surface area (Å²) in [5, 5.41) is 2.89. The maximum Gasteiger partial charge on any atom is 0.244 e. The van der Waals surface area contributed by atoms with Gasteiger partial charge in [0.1, 0.15) is 10.0 Å². The SMILES string of the molecule is Cc1nc(CN(C)S(=O)(=O)c2cnc(Cl)c(Cl)c2)cs1. The first kappa shape index (κ1) is 15.7. The number of halogens is 2. The third-order valence-corrected chi connectivity index (χ3v) is 5.81. The Hall–Kier alpha value is -0.730. The molecule has 0 amide bonds. The minimum Gasteiger partial charge on any atom is -0.245 e. The van der Waals surface area contributed by atoms with Crippen molar-refractivity contribution in [2.24, 2.45) is 0 Å². The first-order chi connectivity index (χ1) is 9.30. The van der Waals surface area contributed by atoms with Crippen LogP contribution in [0.2, 0.25) is 10.2 Å². The van der Waals surface area contributed by atoms with Crippen LogP contribution in [0, 0.1) is 6.92 Å². The molecule has 0 bridgehead atoms. The molecular formula is C11H11Cl2N3O2S2. The van der Waals surface area contributed by atoms with Gasteiger partial charge < -0.3 is 0 Å². The number of hydrogen-bond acceptors (Lipinski definition) is 5. The molecular weight excluding hydrogens is 341 g/mol. The molecule has 0 atom stereocenters. The third kappa shape index (κ3) is 3.29. The van der Waals surface area contributed by atoms with Crippen molar-refractivity contribution in [2.45, 2.75) is 18.4 Å². The quantitative estimate of drug-likeness (QED) is 0.794. The molecule has 2 heterocycles. The molecule has 0 radical (unpaired) electrons. The highest BCUT2D eigenvalue weighted by atomic mass is 35.5. The fourth-order valence-corrected chi connectivity index (χ4v) is 3.57. The van der Waals surface area contributed by atoms with E-state index in [4.69, 9.17) is 23.2 Å². The van der Waals surface area contributed by atoms with Crippen LogP contribution in [-0.4, -0.2) is 29.7 Å². The van der Waals surface area contributed by atoms with Gasteiger partial charge in [-0.25, -0.2) is 18.4 Å². The minimum atomic E-state index is -3.67. The van der Waals surface area contributed by atoms with E-state index in [1.165, 1.54) is 35.0 Å². The summed E-state index contributed by atoms with van der Waals surface area (Å²) in [4.78, 5) is 7.99.